The van der Waals surface area contributed by atoms with Gasteiger partial charge in [-0.2, -0.15) is 10.2 Å². The predicted molar refractivity (Wildman–Crippen MR) is 70.3 cm³/mol. The van der Waals surface area contributed by atoms with E-state index in [1.807, 2.05) is 0 Å². The normalized spacial score (nSPS) is 14.2. The summed E-state index contributed by atoms with van der Waals surface area (Å²) in [5.74, 6) is -0.891. The average Bonchev–Trinajstić information content (AvgIpc) is 2.77. The SMILES string of the molecule is O=C1CC(CC(=O)N/N=C\c2ccc(O)cc2O)=NN1. The molecule has 8 heteroatoms. The highest BCUT2D eigenvalue weighted by atomic mass is 16.3. The zero-order valence-electron chi connectivity index (χ0n) is 10.3. The molecule has 4 N–H and O–H groups in total. The summed E-state index contributed by atoms with van der Waals surface area (Å²) in [5.41, 5.74) is 5.28. The van der Waals surface area contributed by atoms with Crippen molar-refractivity contribution in [1.82, 2.24) is 10.9 Å². The topological polar surface area (TPSA) is 123 Å². The van der Waals surface area contributed by atoms with Gasteiger partial charge in [0.05, 0.1) is 24.8 Å². The first-order valence-electron chi connectivity index (χ1n) is 5.73. The third kappa shape index (κ3) is 3.55. The molecule has 20 heavy (non-hydrogen) atoms. The molecule has 0 saturated heterocycles. The Labute approximate surface area is 113 Å². The maximum absolute atomic E-state index is 11.5. The summed E-state index contributed by atoms with van der Waals surface area (Å²) < 4.78 is 0. The number of rotatable bonds is 4. The monoisotopic (exact) mass is 276 g/mol. The van der Waals surface area contributed by atoms with Crippen LogP contribution in [-0.4, -0.2) is 34.0 Å². The number of phenols is 2. The number of nitrogens with one attached hydrogen (secondary N) is 2. The minimum atomic E-state index is -0.422. The van der Waals surface area contributed by atoms with E-state index in [1.165, 1.54) is 18.3 Å². The molecular formula is C12H12N4O4. The van der Waals surface area contributed by atoms with Crippen LogP contribution in [0.5, 0.6) is 11.5 Å². The van der Waals surface area contributed by atoms with Crippen molar-refractivity contribution in [3.8, 4) is 11.5 Å². The molecule has 0 atom stereocenters. The van der Waals surface area contributed by atoms with Gasteiger partial charge >= 0.3 is 0 Å². The van der Waals surface area contributed by atoms with Gasteiger partial charge in [0, 0.05) is 11.6 Å². The lowest BCUT2D eigenvalue weighted by Crippen LogP contribution is -2.20. The van der Waals surface area contributed by atoms with E-state index in [0.29, 0.717) is 11.3 Å². The van der Waals surface area contributed by atoms with E-state index in [2.05, 4.69) is 21.1 Å². The van der Waals surface area contributed by atoms with Crippen LogP contribution in [0.1, 0.15) is 18.4 Å². The van der Waals surface area contributed by atoms with E-state index in [9.17, 15) is 14.7 Å². The molecule has 0 bridgehead atoms. The summed E-state index contributed by atoms with van der Waals surface area (Å²) in [6.07, 6.45) is 1.32. The zero-order valence-corrected chi connectivity index (χ0v) is 10.3. The quantitative estimate of drug-likeness (QED) is 0.449. The van der Waals surface area contributed by atoms with Gasteiger partial charge in [0.2, 0.25) is 11.8 Å². The van der Waals surface area contributed by atoms with Gasteiger partial charge in [-0.05, 0) is 12.1 Å². The van der Waals surface area contributed by atoms with Gasteiger partial charge in [0.1, 0.15) is 11.5 Å². The third-order valence-corrected chi connectivity index (χ3v) is 2.47. The lowest BCUT2D eigenvalue weighted by molar-refractivity contribution is -0.119. The first kappa shape index (κ1) is 13.5. The fourth-order valence-corrected chi connectivity index (χ4v) is 1.55. The summed E-state index contributed by atoms with van der Waals surface area (Å²) >= 11 is 0. The van der Waals surface area contributed by atoms with Crippen LogP contribution < -0.4 is 10.9 Å². The van der Waals surface area contributed by atoms with E-state index < -0.39 is 5.91 Å². The van der Waals surface area contributed by atoms with Crippen molar-refractivity contribution >= 4 is 23.7 Å². The smallest absolute Gasteiger partial charge is 0.245 e. The van der Waals surface area contributed by atoms with Gasteiger partial charge in [0.25, 0.3) is 0 Å². The van der Waals surface area contributed by atoms with Crippen LogP contribution in [0.3, 0.4) is 0 Å². The van der Waals surface area contributed by atoms with Crippen LogP contribution in [0, 0.1) is 0 Å². The van der Waals surface area contributed by atoms with Crippen molar-refractivity contribution < 1.29 is 19.8 Å². The molecule has 1 heterocycles. The maximum Gasteiger partial charge on any atom is 0.245 e. The number of hydrogen-bond donors (Lipinski definition) is 4. The second-order valence-electron chi connectivity index (χ2n) is 4.10. The molecule has 0 fully saturated rings. The zero-order chi connectivity index (χ0) is 14.5. The number of hydrazone groups is 2. The predicted octanol–water partition coefficient (Wildman–Crippen LogP) is -0.186. The second kappa shape index (κ2) is 5.83. The molecule has 2 rings (SSSR count). The van der Waals surface area contributed by atoms with Gasteiger partial charge in [-0.25, -0.2) is 10.9 Å². The standard InChI is InChI=1S/C12H12N4O4/c17-9-2-1-7(10(18)5-9)6-13-15-11(19)3-8-4-12(20)16-14-8/h1-2,5-6,17-18H,3-4H2,(H,15,19)(H,16,20)/b13-6-. The molecule has 0 spiro atoms. The van der Waals surface area contributed by atoms with Crippen molar-refractivity contribution in [3.63, 3.8) is 0 Å². The van der Waals surface area contributed by atoms with Crippen LogP contribution in [0.25, 0.3) is 0 Å². The van der Waals surface area contributed by atoms with Crippen molar-refractivity contribution in [2.45, 2.75) is 12.8 Å². The van der Waals surface area contributed by atoms with E-state index in [0.717, 1.165) is 6.07 Å². The highest BCUT2D eigenvalue weighted by molar-refractivity contribution is 6.11. The Morgan fingerprint density at radius 2 is 2.30 bits per heavy atom. The Morgan fingerprint density at radius 1 is 1.50 bits per heavy atom. The van der Waals surface area contributed by atoms with Gasteiger partial charge in [0.15, 0.2) is 0 Å². The lowest BCUT2D eigenvalue weighted by atomic mass is 10.2. The number of phenolic OH excluding ortho intramolecular Hbond substituents is 2. The van der Waals surface area contributed by atoms with Crippen LogP contribution in [0.2, 0.25) is 0 Å². The summed E-state index contributed by atoms with van der Waals surface area (Å²) in [5, 5.41) is 25.9. The number of nitrogens with zero attached hydrogens (tertiary/aromatic N) is 2. The summed E-state index contributed by atoms with van der Waals surface area (Å²) in [7, 11) is 0. The number of carbonyl (C=O) groups is 2. The first-order valence-corrected chi connectivity index (χ1v) is 5.73. The van der Waals surface area contributed by atoms with Crippen molar-refractivity contribution in [1.29, 1.82) is 0 Å². The molecule has 0 radical (unpaired) electrons. The largest absolute Gasteiger partial charge is 0.508 e. The molecule has 1 aromatic rings. The Morgan fingerprint density at radius 3 is 2.95 bits per heavy atom. The fourth-order valence-electron chi connectivity index (χ4n) is 1.55. The van der Waals surface area contributed by atoms with E-state index in [1.54, 1.807) is 0 Å². The second-order valence-corrected chi connectivity index (χ2v) is 4.10. The minimum Gasteiger partial charge on any atom is -0.508 e. The lowest BCUT2D eigenvalue weighted by Gasteiger charge is -2.00. The Kier molecular flexibility index (Phi) is 3.94. The van der Waals surface area contributed by atoms with Crippen LogP contribution in [0.15, 0.2) is 28.4 Å². The molecule has 1 aliphatic heterocycles. The molecule has 1 aromatic carbocycles. The third-order valence-electron chi connectivity index (χ3n) is 2.47. The fraction of sp³-hybridized carbons (Fsp3) is 0.167. The number of amides is 2. The summed E-state index contributed by atoms with van der Waals surface area (Å²) in [6.45, 7) is 0. The molecule has 0 aromatic heterocycles. The number of carbonyl (C=O) groups excluding carboxylic acids is 2. The van der Waals surface area contributed by atoms with E-state index >= 15 is 0 Å². The maximum atomic E-state index is 11.5. The number of aromatic hydroxyl groups is 2. The molecular weight excluding hydrogens is 264 g/mol. The minimum absolute atomic E-state index is 0.0301. The molecule has 104 valence electrons. The summed E-state index contributed by atoms with van der Waals surface area (Å²) in [6, 6.07) is 3.99. The molecule has 0 unspecified atom stereocenters. The van der Waals surface area contributed by atoms with Crippen LogP contribution in [-0.2, 0) is 9.59 Å². The van der Waals surface area contributed by atoms with Crippen molar-refractivity contribution in [2.24, 2.45) is 10.2 Å². The van der Waals surface area contributed by atoms with Gasteiger partial charge in [-0.15, -0.1) is 0 Å². The highest BCUT2D eigenvalue weighted by Crippen LogP contribution is 2.20. The Hall–Kier alpha value is -2.90. The van der Waals surface area contributed by atoms with Crippen molar-refractivity contribution in [3.05, 3.63) is 23.8 Å². The van der Waals surface area contributed by atoms with Gasteiger partial charge in [-0.1, -0.05) is 0 Å². The van der Waals surface area contributed by atoms with Crippen molar-refractivity contribution in [2.75, 3.05) is 0 Å². The summed E-state index contributed by atoms with van der Waals surface area (Å²) in [4.78, 5) is 22.4. The van der Waals surface area contributed by atoms with Crippen LogP contribution in [0.4, 0.5) is 0 Å². The Balaban J connectivity index is 1.86. The highest BCUT2D eigenvalue weighted by Gasteiger charge is 2.16. The number of hydrogen-bond acceptors (Lipinski definition) is 6. The van der Waals surface area contributed by atoms with Gasteiger partial charge < -0.3 is 10.2 Å². The van der Waals surface area contributed by atoms with Gasteiger partial charge in [-0.3, -0.25) is 9.59 Å². The molecule has 0 saturated carbocycles. The Bertz CT molecular complexity index is 609. The molecule has 2 amide bonds. The molecule has 0 aliphatic carbocycles. The first-order chi connectivity index (χ1) is 9.54. The van der Waals surface area contributed by atoms with E-state index in [4.69, 9.17) is 5.11 Å². The average molecular weight is 276 g/mol. The van der Waals surface area contributed by atoms with E-state index in [-0.39, 0.29) is 30.2 Å². The molecule has 1 aliphatic rings. The van der Waals surface area contributed by atoms with Crippen LogP contribution >= 0.6 is 0 Å². The number of benzene rings is 1. The molecule has 8 nitrogen and oxygen atoms in total.